The zero-order chi connectivity index (χ0) is 18.4. The second-order valence-corrected chi connectivity index (χ2v) is 5.60. The minimum atomic E-state index is -0.762. The number of urea groups is 1. The summed E-state index contributed by atoms with van der Waals surface area (Å²) in [6.45, 7) is -0.366. The molecule has 0 aliphatic heterocycles. The minimum absolute atomic E-state index is 0.0169. The molecule has 0 fully saturated rings. The standard InChI is InChI=1S/C15H12Cl2N4O4/c16-9-5-6-10(17)12(7-9)19-14(22)8-18-15(23)20-11-3-1-2-4-13(11)21(24)25/h1-7H,8H2,(H,19,22)(H2,18,20,23). The van der Waals surface area contributed by atoms with Gasteiger partial charge in [-0.15, -0.1) is 0 Å². The van der Waals surface area contributed by atoms with Gasteiger partial charge in [0.15, 0.2) is 0 Å². The SMILES string of the molecule is O=C(CNC(=O)Nc1ccccc1[N+](=O)[O-])Nc1cc(Cl)ccc1Cl. The Balaban J connectivity index is 1.91. The highest BCUT2D eigenvalue weighted by atomic mass is 35.5. The van der Waals surface area contributed by atoms with E-state index in [9.17, 15) is 19.7 Å². The Labute approximate surface area is 152 Å². The third kappa shape index (κ3) is 5.33. The van der Waals surface area contributed by atoms with Crippen LogP contribution >= 0.6 is 23.2 Å². The molecule has 3 N–H and O–H groups in total. The van der Waals surface area contributed by atoms with Crippen molar-refractivity contribution in [3.05, 3.63) is 62.6 Å². The van der Waals surface area contributed by atoms with E-state index >= 15 is 0 Å². The highest BCUT2D eigenvalue weighted by Crippen LogP contribution is 2.25. The van der Waals surface area contributed by atoms with Crippen LogP contribution in [0.25, 0.3) is 0 Å². The van der Waals surface area contributed by atoms with E-state index < -0.39 is 16.9 Å². The van der Waals surface area contributed by atoms with Crippen LogP contribution in [0.15, 0.2) is 42.5 Å². The van der Waals surface area contributed by atoms with Crippen molar-refractivity contribution < 1.29 is 14.5 Å². The Morgan fingerprint density at radius 1 is 1.04 bits per heavy atom. The number of carbonyl (C=O) groups is 2. The van der Waals surface area contributed by atoms with Gasteiger partial charge in [0.25, 0.3) is 5.69 Å². The number of rotatable bonds is 5. The maximum atomic E-state index is 11.8. The summed E-state index contributed by atoms with van der Waals surface area (Å²) in [5, 5.41) is 18.7. The minimum Gasteiger partial charge on any atom is -0.329 e. The first-order valence-corrected chi connectivity index (χ1v) is 7.65. The van der Waals surface area contributed by atoms with Gasteiger partial charge in [-0.2, -0.15) is 0 Å². The van der Waals surface area contributed by atoms with Crippen LogP contribution < -0.4 is 16.0 Å². The lowest BCUT2D eigenvalue weighted by Gasteiger charge is -2.10. The highest BCUT2D eigenvalue weighted by Gasteiger charge is 2.15. The van der Waals surface area contributed by atoms with E-state index in [1.54, 1.807) is 6.07 Å². The zero-order valence-electron chi connectivity index (χ0n) is 12.6. The summed E-state index contributed by atoms with van der Waals surface area (Å²) in [7, 11) is 0. The molecule has 0 aromatic heterocycles. The first-order valence-electron chi connectivity index (χ1n) is 6.90. The van der Waals surface area contributed by atoms with Gasteiger partial charge in [0.05, 0.1) is 22.2 Å². The first kappa shape index (κ1) is 18.5. The van der Waals surface area contributed by atoms with Crippen molar-refractivity contribution in [3.63, 3.8) is 0 Å². The lowest BCUT2D eigenvalue weighted by atomic mass is 10.3. The van der Waals surface area contributed by atoms with E-state index in [0.717, 1.165) is 0 Å². The second-order valence-electron chi connectivity index (χ2n) is 4.75. The van der Waals surface area contributed by atoms with E-state index in [1.165, 1.54) is 36.4 Å². The van der Waals surface area contributed by atoms with Crippen LogP contribution in [-0.4, -0.2) is 23.4 Å². The fourth-order valence-corrected chi connectivity index (χ4v) is 2.19. The van der Waals surface area contributed by atoms with E-state index in [4.69, 9.17) is 23.2 Å². The summed E-state index contributed by atoms with van der Waals surface area (Å²) in [4.78, 5) is 33.9. The van der Waals surface area contributed by atoms with Crippen molar-refractivity contribution in [2.75, 3.05) is 17.2 Å². The van der Waals surface area contributed by atoms with Gasteiger partial charge < -0.3 is 16.0 Å². The van der Waals surface area contributed by atoms with E-state index in [0.29, 0.717) is 15.7 Å². The molecular weight excluding hydrogens is 371 g/mol. The van der Waals surface area contributed by atoms with Crippen molar-refractivity contribution >= 4 is 52.2 Å². The fourth-order valence-electron chi connectivity index (χ4n) is 1.85. The van der Waals surface area contributed by atoms with Gasteiger partial charge >= 0.3 is 6.03 Å². The molecule has 25 heavy (non-hydrogen) atoms. The number of halogens is 2. The number of nitrogens with zero attached hydrogens (tertiary/aromatic N) is 1. The quantitative estimate of drug-likeness (QED) is 0.540. The molecule has 0 atom stereocenters. The van der Waals surface area contributed by atoms with E-state index in [1.807, 2.05) is 0 Å². The summed E-state index contributed by atoms with van der Waals surface area (Å²) in [6.07, 6.45) is 0. The normalized spacial score (nSPS) is 10.0. The summed E-state index contributed by atoms with van der Waals surface area (Å²) in [6, 6.07) is 9.44. The lowest BCUT2D eigenvalue weighted by molar-refractivity contribution is -0.383. The summed E-state index contributed by atoms with van der Waals surface area (Å²) in [5.41, 5.74) is 0.0659. The number of para-hydroxylation sites is 2. The monoisotopic (exact) mass is 382 g/mol. The van der Waals surface area contributed by atoms with Crippen LogP contribution in [0.4, 0.5) is 21.9 Å². The molecule has 0 saturated heterocycles. The van der Waals surface area contributed by atoms with Crippen molar-refractivity contribution in [2.24, 2.45) is 0 Å². The number of nitro benzene ring substituents is 1. The van der Waals surface area contributed by atoms with Crippen molar-refractivity contribution in [3.8, 4) is 0 Å². The van der Waals surface area contributed by atoms with Crippen molar-refractivity contribution in [2.45, 2.75) is 0 Å². The fraction of sp³-hybridized carbons (Fsp3) is 0.0667. The van der Waals surface area contributed by atoms with Crippen LogP contribution in [0.5, 0.6) is 0 Å². The number of amides is 3. The van der Waals surface area contributed by atoms with Gasteiger partial charge in [0.1, 0.15) is 5.69 Å². The molecule has 3 amide bonds. The highest BCUT2D eigenvalue weighted by molar-refractivity contribution is 6.35. The molecule has 0 aliphatic carbocycles. The smallest absolute Gasteiger partial charge is 0.319 e. The average molecular weight is 383 g/mol. The maximum Gasteiger partial charge on any atom is 0.319 e. The summed E-state index contributed by atoms with van der Waals surface area (Å²) < 4.78 is 0. The van der Waals surface area contributed by atoms with Gasteiger partial charge in [0, 0.05) is 11.1 Å². The number of nitrogens with one attached hydrogen (secondary N) is 3. The molecule has 10 heteroatoms. The second kappa shape index (κ2) is 8.32. The predicted molar refractivity (Wildman–Crippen MR) is 95.2 cm³/mol. The van der Waals surface area contributed by atoms with Crippen LogP contribution in [0, 0.1) is 10.1 Å². The zero-order valence-corrected chi connectivity index (χ0v) is 14.1. The molecule has 0 unspecified atom stereocenters. The topological polar surface area (TPSA) is 113 Å². The van der Waals surface area contributed by atoms with Crippen LogP contribution in [0.2, 0.25) is 10.0 Å². The molecule has 8 nitrogen and oxygen atoms in total. The Morgan fingerprint density at radius 3 is 2.48 bits per heavy atom. The van der Waals surface area contributed by atoms with Gasteiger partial charge in [0.2, 0.25) is 5.91 Å². The lowest BCUT2D eigenvalue weighted by Crippen LogP contribution is -2.35. The van der Waals surface area contributed by atoms with Crippen LogP contribution in [0.1, 0.15) is 0 Å². The predicted octanol–water partition coefficient (Wildman–Crippen LogP) is 3.66. The molecular formula is C15H12Cl2N4O4. The Bertz CT molecular complexity index is 829. The molecule has 2 aromatic carbocycles. The molecule has 130 valence electrons. The molecule has 0 aliphatic rings. The van der Waals surface area contributed by atoms with Crippen LogP contribution in [-0.2, 0) is 4.79 Å². The number of benzene rings is 2. The number of hydrogen-bond acceptors (Lipinski definition) is 4. The molecule has 0 heterocycles. The molecule has 2 rings (SSSR count). The number of carbonyl (C=O) groups excluding carboxylic acids is 2. The number of nitro groups is 1. The van der Waals surface area contributed by atoms with Gasteiger partial charge in [-0.3, -0.25) is 14.9 Å². The van der Waals surface area contributed by atoms with Gasteiger partial charge in [-0.1, -0.05) is 35.3 Å². The van der Waals surface area contributed by atoms with Crippen LogP contribution in [0.3, 0.4) is 0 Å². The third-order valence-electron chi connectivity index (χ3n) is 2.96. The molecule has 0 saturated carbocycles. The molecule has 2 aromatic rings. The first-order chi connectivity index (χ1) is 11.9. The van der Waals surface area contributed by atoms with Gasteiger partial charge in [-0.05, 0) is 24.3 Å². The maximum absolute atomic E-state index is 11.8. The molecule has 0 spiro atoms. The molecule has 0 radical (unpaired) electrons. The molecule has 0 bridgehead atoms. The Kier molecular flexibility index (Phi) is 6.15. The third-order valence-corrected chi connectivity index (χ3v) is 3.53. The van der Waals surface area contributed by atoms with E-state index in [2.05, 4.69) is 16.0 Å². The number of anilines is 2. The van der Waals surface area contributed by atoms with Crippen molar-refractivity contribution in [1.82, 2.24) is 5.32 Å². The summed E-state index contributed by atoms with van der Waals surface area (Å²) >= 11 is 11.7. The largest absolute Gasteiger partial charge is 0.329 e. The van der Waals surface area contributed by atoms with E-state index in [-0.39, 0.29) is 17.9 Å². The van der Waals surface area contributed by atoms with Gasteiger partial charge in [-0.25, -0.2) is 4.79 Å². The Hall–Kier alpha value is -2.84. The van der Waals surface area contributed by atoms with Crippen molar-refractivity contribution in [1.29, 1.82) is 0 Å². The summed E-state index contributed by atoms with van der Waals surface area (Å²) in [5.74, 6) is -0.540. The average Bonchev–Trinajstić information content (AvgIpc) is 2.56. The number of hydrogen-bond donors (Lipinski definition) is 3. The Morgan fingerprint density at radius 2 is 1.76 bits per heavy atom.